The van der Waals surface area contributed by atoms with Crippen molar-refractivity contribution in [2.75, 3.05) is 20.1 Å². The fraction of sp³-hybridized carbons (Fsp3) is 0.571. The van der Waals surface area contributed by atoms with Crippen molar-refractivity contribution in [2.24, 2.45) is 0 Å². The number of hydrogen-bond donors (Lipinski definition) is 1. The third kappa shape index (κ3) is 7.01. The molecule has 18 heavy (non-hydrogen) atoms. The van der Waals surface area contributed by atoms with Crippen LogP contribution in [0.5, 0.6) is 0 Å². The largest absolute Gasteiger partial charge is 0.481 e. The minimum atomic E-state index is -0.693. The Morgan fingerprint density at radius 2 is 1.94 bits per heavy atom. The Bertz CT molecular complexity index is 341. The van der Waals surface area contributed by atoms with Crippen molar-refractivity contribution in [1.29, 1.82) is 0 Å². The van der Waals surface area contributed by atoms with Gasteiger partial charge >= 0.3 is 5.97 Å². The molecular weight excluding hydrogens is 228 g/mol. The van der Waals surface area contributed by atoms with Crippen LogP contribution in [0.2, 0.25) is 0 Å². The third-order valence-corrected chi connectivity index (χ3v) is 2.96. The van der Waals surface area contributed by atoms with E-state index in [2.05, 4.69) is 16.9 Å². The zero-order valence-electron chi connectivity index (χ0n) is 11.0. The van der Waals surface area contributed by atoms with E-state index in [4.69, 9.17) is 5.11 Å². The fourth-order valence-corrected chi connectivity index (χ4v) is 1.82. The second kappa shape index (κ2) is 8.64. The zero-order chi connectivity index (χ0) is 13.2. The van der Waals surface area contributed by atoms with E-state index in [1.807, 2.05) is 24.5 Å². The quantitative estimate of drug-likeness (QED) is 0.683. The first-order valence-corrected chi connectivity index (χ1v) is 6.47. The van der Waals surface area contributed by atoms with E-state index in [1.165, 1.54) is 5.56 Å². The molecule has 0 saturated carbocycles. The van der Waals surface area contributed by atoms with Crippen LogP contribution in [-0.2, 0) is 11.2 Å². The highest BCUT2D eigenvalue weighted by molar-refractivity contribution is 5.66. The summed E-state index contributed by atoms with van der Waals surface area (Å²) in [6, 6.07) is 4.08. The molecule has 0 aromatic carbocycles. The maximum Gasteiger partial charge on any atom is 0.303 e. The maximum absolute atomic E-state index is 10.3. The standard InChI is InChI=1S/C14H22N2O2/c1-16(11-4-2-3-5-14(17)18)12-8-13-6-9-15-10-7-13/h6-7,9-10H,2-5,8,11-12H2,1H3,(H,17,18). The average molecular weight is 250 g/mol. The number of aromatic nitrogens is 1. The average Bonchev–Trinajstić information content (AvgIpc) is 2.37. The topological polar surface area (TPSA) is 53.4 Å². The van der Waals surface area contributed by atoms with Crippen molar-refractivity contribution in [3.8, 4) is 0 Å². The molecule has 1 aromatic rings. The highest BCUT2D eigenvalue weighted by Gasteiger charge is 2.00. The van der Waals surface area contributed by atoms with Crippen molar-refractivity contribution in [2.45, 2.75) is 32.1 Å². The molecule has 100 valence electrons. The lowest BCUT2D eigenvalue weighted by Gasteiger charge is -2.16. The summed E-state index contributed by atoms with van der Waals surface area (Å²) in [6.45, 7) is 2.06. The van der Waals surface area contributed by atoms with Gasteiger partial charge in [-0.15, -0.1) is 0 Å². The van der Waals surface area contributed by atoms with Gasteiger partial charge in [-0.2, -0.15) is 0 Å². The van der Waals surface area contributed by atoms with E-state index >= 15 is 0 Å². The molecule has 0 aliphatic rings. The summed E-state index contributed by atoms with van der Waals surface area (Å²) in [5, 5.41) is 8.52. The van der Waals surface area contributed by atoms with Crippen LogP contribution in [0.1, 0.15) is 31.2 Å². The van der Waals surface area contributed by atoms with Gasteiger partial charge in [-0.3, -0.25) is 9.78 Å². The number of hydrogen-bond acceptors (Lipinski definition) is 3. The Kier molecular flexibility index (Phi) is 7.03. The maximum atomic E-state index is 10.3. The molecule has 0 saturated heterocycles. The number of pyridine rings is 1. The Labute approximate surface area is 109 Å². The van der Waals surface area contributed by atoms with Crippen LogP contribution in [0.25, 0.3) is 0 Å². The van der Waals surface area contributed by atoms with Gasteiger partial charge in [0.25, 0.3) is 0 Å². The first-order valence-electron chi connectivity index (χ1n) is 6.47. The first kappa shape index (κ1) is 14.6. The van der Waals surface area contributed by atoms with Crippen LogP contribution >= 0.6 is 0 Å². The van der Waals surface area contributed by atoms with Crippen LogP contribution < -0.4 is 0 Å². The van der Waals surface area contributed by atoms with Gasteiger partial charge < -0.3 is 10.0 Å². The summed E-state index contributed by atoms with van der Waals surface area (Å²) in [4.78, 5) is 16.6. The predicted octanol–water partition coefficient (Wildman–Crippen LogP) is 2.20. The molecule has 4 heteroatoms. The van der Waals surface area contributed by atoms with Crippen molar-refractivity contribution >= 4 is 5.97 Å². The molecule has 0 unspecified atom stereocenters. The van der Waals surface area contributed by atoms with Gasteiger partial charge in [-0.1, -0.05) is 6.42 Å². The molecule has 0 spiro atoms. The van der Waals surface area contributed by atoms with Crippen LogP contribution in [0.3, 0.4) is 0 Å². The number of carbonyl (C=O) groups is 1. The molecule has 0 bridgehead atoms. The van der Waals surface area contributed by atoms with Crippen LogP contribution in [0, 0.1) is 0 Å². The van der Waals surface area contributed by atoms with E-state index < -0.39 is 5.97 Å². The van der Waals surface area contributed by atoms with Crippen molar-refractivity contribution in [1.82, 2.24) is 9.88 Å². The molecular formula is C14H22N2O2. The summed E-state index contributed by atoms with van der Waals surface area (Å²) < 4.78 is 0. The second-order valence-corrected chi connectivity index (χ2v) is 4.61. The number of aliphatic carboxylic acids is 1. The SMILES string of the molecule is CN(CCCCCC(=O)O)CCc1ccncc1. The van der Waals surface area contributed by atoms with E-state index in [9.17, 15) is 4.79 Å². The summed E-state index contributed by atoms with van der Waals surface area (Å²) in [6.07, 6.45) is 7.82. The highest BCUT2D eigenvalue weighted by atomic mass is 16.4. The van der Waals surface area contributed by atoms with Crippen LogP contribution in [0.15, 0.2) is 24.5 Å². The molecule has 0 fully saturated rings. The van der Waals surface area contributed by atoms with Gasteiger partial charge in [0.05, 0.1) is 0 Å². The molecule has 1 aromatic heterocycles. The first-order chi connectivity index (χ1) is 8.68. The minimum absolute atomic E-state index is 0.292. The van der Waals surface area contributed by atoms with E-state index in [0.717, 1.165) is 38.8 Å². The number of unbranched alkanes of at least 4 members (excludes halogenated alkanes) is 2. The summed E-state index contributed by atoms with van der Waals surface area (Å²) in [5.74, 6) is -0.693. The minimum Gasteiger partial charge on any atom is -0.481 e. The van der Waals surface area contributed by atoms with Gasteiger partial charge in [0.2, 0.25) is 0 Å². The molecule has 0 radical (unpaired) electrons. The van der Waals surface area contributed by atoms with Crippen molar-refractivity contribution in [3.63, 3.8) is 0 Å². The van der Waals surface area contributed by atoms with Crippen molar-refractivity contribution in [3.05, 3.63) is 30.1 Å². The van der Waals surface area contributed by atoms with Crippen LogP contribution in [-0.4, -0.2) is 41.1 Å². The predicted molar refractivity (Wildman–Crippen MR) is 71.5 cm³/mol. The lowest BCUT2D eigenvalue weighted by Crippen LogP contribution is -2.22. The second-order valence-electron chi connectivity index (χ2n) is 4.61. The Hall–Kier alpha value is -1.42. The Morgan fingerprint density at radius 1 is 1.22 bits per heavy atom. The van der Waals surface area contributed by atoms with Gasteiger partial charge in [0.15, 0.2) is 0 Å². The lowest BCUT2D eigenvalue weighted by molar-refractivity contribution is -0.137. The molecule has 0 atom stereocenters. The summed E-state index contributed by atoms with van der Waals surface area (Å²) in [7, 11) is 2.11. The van der Waals surface area contributed by atoms with Crippen LogP contribution in [0.4, 0.5) is 0 Å². The molecule has 0 aliphatic heterocycles. The number of carboxylic acid groups (broad SMARTS) is 1. The molecule has 4 nitrogen and oxygen atoms in total. The number of nitrogens with zero attached hydrogens (tertiary/aromatic N) is 2. The monoisotopic (exact) mass is 250 g/mol. The van der Waals surface area contributed by atoms with Gasteiger partial charge in [0, 0.05) is 25.4 Å². The summed E-state index contributed by atoms with van der Waals surface area (Å²) in [5.41, 5.74) is 1.31. The molecule has 1 heterocycles. The van der Waals surface area contributed by atoms with E-state index in [0.29, 0.717) is 6.42 Å². The van der Waals surface area contributed by atoms with E-state index in [1.54, 1.807) is 0 Å². The number of likely N-dealkylation sites (N-methyl/N-ethyl adjacent to an activating group) is 1. The molecule has 0 amide bonds. The Morgan fingerprint density at radius 3 is 2.61 bits per heavy atom. The third-order valence-electron chi connectivity index (χ3n) is 2.96. The van der Waals surface area contributed by atoms with Gasteiger partial charge in [-0.25, -0.2) is 0 Å². The molecule has 0 aliphatic carbocycles. The highest BCUT2D eigenvalue weighted by Crippen LogP contribution is 2.03. The fourth-order valence-electron chi connectivity index (χ4n) is 1.82. The van der Waals surface area contributed by atoms with Gasteiger partial charge in [0.1, 0.15) is 0 Å². The van der Waals surface area contributed by atoms with Gasteiger partial charge in [-0.05, 0) is 50.6 Å². The normalized spacial score (nSPS) is 10.8. The number of carboxylic acids is 1. The molecule has 1 rings (SSSR count). The summed E-state index contributed by atoms with van der Waals surface area (Å²) >= 11 is 0. The number of rotatable bonds is 9. The van der Waals surface area contributed by atoms with E-state index in [-0.39, 0.29) is 0 Å². The zero-order valence-corrected chi connectivity index (χ0v) is 11.0. The lowest BCUT2D eigenvalue weighted by atomic mass is 10.1. The van der Waals surface area contributed by atoms with Crippen molar-refractivity contribution < 1.29 is 9.90 Å². The molecule has 1 N–H and O–H groups in total. The Balaban J connectivity index is 2.04. The smallest absolute Gasteiger partial charge is 0.303 e.